The molecule has 2 aromatic carbocycles. The molecule has 26 heavy (non-hydrogen) atoms. The van der Waals surface area contributed by atoms with Crippen molar-refractivity contribution in [1.29, 1.82) is 0 Å². The molecule has 1 aliphatic heterocycles. The first-order valence-corrected chi connectivity index (χ1v) is 8.73. The molecule has 1 fully saturated rings. The van der Waals surface area contributed by atoms with Gasteiger partial charge in [-0.2, -0.15) is 0 Å². The number of amides is 1. The summed E-state index contributed by atoms with van der Waals surface area (Å²) in [6.45, 7) is 4.38. The van der Waals surface area contributed by atoms with Crippen molar-refractivity contribution in [1.82, 2.24) is 10.2 Å². The van der Waals surface area contributed by atoms with E-state index in [1.165, 1.54) is 17.7 Å². The summed E-state index contributed by atoms with van der Waals surface area (Å²) in [7, 11) is 0. The van der Waals surface area contributed by atoms with Crippen molar-refractivity contribution >= 4 is 5.91 Å². The summed E-state index contributed by atoms with van der Waals surface area (Å²) in [6.07, 6.45) is 0. The number of hydrogen-bond donors (Lipinski definition) is 1. The third-order valence-corrected chi connectivity index (χ3v) is 4.29. The van der Waals surface area contributed by atoms with Crippen molar-refractivity contribution < 1.29 is 18.7 Å². The number of nitrogens with one attached hydrogen (secondary N) is 1. The van der Waals surface area contributed by atoms with Gasteiger partial charge in [-0.3, -0.25) is 9.69 Å². The summed E-state index contributed by atoms with van der Waals surface area (Å²) in [5.41, 5.74) is 2.25. The van der Waals surface area contributed by atoms with Crippen LogP contribution in [0, 0.1) is 5.82 Å². The van der Waals surface area contributed by atoms with Crippen LogP contribution in [0.5, 0.6) is 5.75 Å². The fraction of sp³-hybridized carbons (Fsp3) is 0.350. The molecule has 1 heterocycles. The number of ether oxygens (including phenoxy) is 2. The average Bonchev–Trinajstić information content (AvgIpc) is 2.67. The van der Waals surface area contributed by atoms with E-state index in [1.807, 2.05) is 18.2 Å². The Morgan fingerprint density at radius 3 is 2.54 bits per heavy atom. The predicted molar refractivity (Wildman–Crippen MR) is 96.3 cm³/mol. The van der Waals surface area contributed by atoms with Crippen molar-refractivity contribution in [3.63, 3.8) is 0 Å². The Balaban J connectivity index is 1.51. The quantitative estimate of drug-likeness (QED) is 0.826. The third-order valence-electron chi connectivity index (χ3n) is 4.29. The van der Waals surface area contributed by atoms with E-state index in [1.54, 1.807) is 12.1 Å². The van der Waals surface area contributed by atoms with E-state index >= 15 is 0 Å². The molecular formula is C20H23FN2O3. The summed E-state index contributed by atoms with van der Waals surface area (Å²) in [6, 6.07) is 14.1. The standard InChI is InChI=1S/C20H23FN2O3/c21-18-7-3-4-8-19(18)26-15-20(24)22-13-16-5-1-2-6-17(16)14-23-9-11-25-12-10-23/h1-8H,9-15H2,(H,22,24). The van der Waals surface area contributed by atoms with E-state index in [4.69, 9.17) is 9.47 Å². The molecule has 1 saturated heterocycles. The zero-order chi connectivity index (χ0) is 18.2. The summed E-state index contributed by atoms with van der Waals surface area (Å²) < 4.78 is 24.1. The highest BCUT2D eigenvalue weighted by Crippen LogP contribution is 2.15. The summed E-state index contributed by atoms with van der Waals surface area (Å²) in [5.74, 6) is -0.680. The first kappa shape index (κ1) is 18.4. The molecule has 0 aliphatic carbocycles. The maximum atomic E-state index is 13.5. The molecule has 1 amide bonds. The van der Waals surface area contributed by atoms with Crippen LogP contribution in [-0.2, 0) is 22.6 Å². The molecule has 1 N–H and O–H groups in total. The lowest BCUT2D eigenvalue weighted by atomic mass is 10.1. The zero-order valence-corrected chi connectivity index (χ0v) is 14.6. The lowest BCUT2D eigenvalue weighted by molar-refractivity contribution is -0.123. The minimum atomic E-state index is -0.476. The fourth-order valence-electron chi connectivity index (χ4n) is 2.83. The van der Waals surface area contributed by atoms with Gasteiger partial charge in [0.1, 0.15) is 0 Å². The second kappa shape index (κ2) is 9.31. The molecule has 0 saturated carbocycles. The molecule has 0 aromatic heterocycles. The van der Waals surface area contributed by atoms with Gasteiger partial charge in [-0.25, -0.2) is 4.39 Å². The minimum Gasteiger partial charge on any atom is -0.481 e. The van der Waals surface area contributed by atoms with Gasteiger partial charge in [-0.1, -0.05) is 36.4 Å². The average molecular weight is 358 g/mol. The number of nitrogens with zero attached hydrogens (tertiary/aromatic N) is 1. The Morgan fingerprint density at radius 1 is 1.08 bits per heavy atom. The smallest absolute Gasteiger partial charge is 0.258 e. The Hall–Kier alpha value is -2.44. The van der Waals surface area contributed by atoms with E-state index in [0.717, 1.165) is 38.4 Å². The Morgan fingerprint density at radius 2 is 1.77 bits per heavy atom. The van der Waals surface area contributed by atoms with Gasteiger partial charge in [0.15, 0.2) is 18.2 Å². The minimum absolute atomic E-state index is 0.0790. The first-order chi connectivity index (χ1) is 12.7. The predicted octanol–water partition coefficient (Wildman–Crippen LogP) is 2.35. The molecule has 0 radical (unpaired) electrons. The monoisotopic (exact) mass is 358 g/mol. The summed E-state index contributed by atoms with van der Waals surface area (Å²) in [5, 5.41) is 2.84. The van der Waals surface area contributed by atoms with Gasteiger partial charge in [0, 0.05) is 26.2 Å². The summed E-state index contributed by atoms with van der Waals surface area (Å²) >= 11 is 0. The van der Waals surface area contributed by atoms with Gasteiger partial charge < -0.3 is 14.8 Å². The Labute approximate surface area is 152 Å². The van der Waals surface area contributed by atoms with E-state index < -0.39 is 5.82 Å². The molecule has 5 nitrogen and oxygen atoms in total. The number of carbonyl (C=O) groups is 1. The lowest BCUT2D eigenvalue weighted by Gasteiger charge is -2.27. The van der Waals surface area contributed by atoms with Crippen LogP contribution < -0.4 is 10.1 Å². The highest BCUT2D eigenvalue weighted by Gasteiger charge is 2.13. The van der Waals surface area contributed by atoms with Crippen LogP contribution in [0.25, 0.3) is 0 Å². The molecule has 2 aromatic rings. The van der Waals surface area contributed by atoms with Crippen molar-refractivity contribution in [2.45, 2.75) is 13.1 Å². The van der Waals surface area contributed by atoms with Crippen molar-refractivity contribution in [3.05, 3.63) is 65.5 Å². The zero-order valence-electron chi connectivity index (χ0n) is 14.6. The summed E-state index contributed by atoms with van der Waals surface area (Å²) in [4.78, 5) is 14.4. The van der Waals surface area contributed by atoms with Crippen LogP contribution >= 0.6 is 0 Å². The lowest BCUT2D eigenvalue weighted by Crippen LogP contribution is -2.36. The molecule has 1 aliphatic rings. The molecule has 0 unspecified atom stereocenters. The van der Waals surface area contributed by atoms with Gasteiger partial charge >= 0.3 is 0 Å². The highest BCUT2D eigenvalue weighted by atomic mass is 19.1. The van der Waals surface area contributed by atoms with Crippen LogP contribution in [0.3, 0.4) is 0 Å². The van der Waals surface area contributed by atoms with Gasteiger partial charge in [0.25, 0.3) is 5.91 Å². The van der Waals surface area contributed by atoms with Crippen molar-refractivity contribution in [2.24, 2.45) is 0 Å². The topological polar surface area (TPSA) is 50.8 Å². The number of morpholine rings is 1. The number of para-hydroxylation sites is 1. The van der Waals surface area contributed by atoms with Crippen LogP contribution in [0.1, 0.15) is 11.1 Å². The number of benzene rings is 2. The normalized spacial score (nSPS) is 14.8. The Bertz CT molecular complexity index is 733. The molecule has 6 heteroatoms. The van der Waals surface area contributed by atoms with Crippen LogP contribution in [-0.4, -0.2) is 43.7 Å². The van der Waals surface area contributed by atoms with Crippen molar-refractivity contribution in [2.75, 3.05) is 32.9 Å². The van der Waals surface area contributed by atoms with Gasteiger partial charge in [-0.05, 0) is 23.3 Å². The van der Waals surface area contributed by atoms with Gasteiger partial charge in [-0.15, -0.1) is 0 Å². The maximum Gasteiger partial charge on any atom is 0.258 e. The number of carbonyl (C=O) groups excluding carboxylic acids is 1. The first-order valence-electron chi connectivity index (χ1n) is 8.73. The molecule has 0 bridgehead atoms. The van der Waals surface area contributed by atoms with E-state index in [-0.39, 0.29) is 18.3 Å². The van der Waals surface area contributed by atoms with Gasteiger partial charge in [0.2, 0.25) is 0 Å². The molecule has 0 atom stereocenters. The van der Waals surface area contributed by atoms with E-state index in [9.17, 15) is 9.18 Å². The maximum absolute atomic E-state index is 13.5. The molecule has 0 spiro atoms. The van der Waals surface area contributed by atoms with E-state index in [0.29, 0.717) is 6.54 Å². The molecular weight excluding hydrogens is 335 g/mol. The van der Waals surface area contributed by atoms with Crippen LogP contribution in [0.15, 0.2) is 48.5 Å². The van der Waals surface area contributed by atoms with Crippen LogP contribution in [0.4, 0.5) is 4.39 Å². The second-order valence-electron chi connectivity index (χ2n) is 6.15. The van der Waals surface area contributed by atoms with Crippen molar-refractivity contribution in [3.8, 4) is 5.75 Å². The number of hydrogen-bond acceptors (Lipinski definition) is 4. The second-order valence-corrected chi connectivity index (χ2v) is 6.15. The number of halogens is 1. The molecule has 3 rings (SSSR count). The largest absolute Gasteiger partial charge is 0.481 e. The van der Waals surface area contributed by atoms with Gasteiger partial charge in [0.05, 0.1) is 13.2 Å². The van der Waals surface area contributed by atoms with E-state index in [2.05, 4.69) is 16.3 Å². The van der Waals surface area contributed by atoms with Crippen LogP contribution in [0.2, 0.25) is 0 Å². The fourth-order valence-corrected chi connectivity index (χ4v) is 2.83. The highest BCUT2D eigenvalue weighted by molar-refractivity contribution is 5.77. The number of rotatable bonds is 7. The molecule has 138 valence electrons. The SMILES string of the molecule is O=C(COc1ccccc1F)NCc1ccccc1CN1CCOCC1. The third kappa shape index (κ3) is 5.28. The Kier molecular flexibility index (Phi) is 6.57.